The van der Waals surface area contributed by atoms with E-state index in [0.29, 0.717) is 24.0 Å². The summed E-state index contributed by atoms with van der Waals surface area (Å²) in [6.45, 7) is 13.8. The van der Waals surface area contributed by atoms with Gasteiger partial charge in [-0.1, -0.05) is 85.0 Å². The number of carbonyl (C=O) groups excluding carboxylic acids is 2. The van der Waals surface area contributed by atoms with E-state index in [-0.39, 0.29) is 30.3 Å². The van der Waals surface area contributed by atoms with Crippen LogP contribution in [0.3, 0.4) is 0 Å². The van der Waals surface area contributed by atoms with Crippen molar-refractivity contribution in [3.63, 3.8) is 0 Å². The van der Waals surface area contributed by atoms with Gasteiger partial charge in [-0.15, -0.1) is 0 Å². The summed E-state index contributed by atoms with van der Waals surface area (Å²) in [5, 5.41) is 9.79. The average Bonchev–Trinajstić information content (AvgIpc) is 3.21. The molecule has 0 bridgehead atoms. The molecule has 0 saturated carbocycles. The number of nitrogens with two attached hydrogens (primary N) is 1. The number of aldehydes is 1. The van der Waals surface area contributed by atoms with E-state index in [0.717, 1.165) is 69.0 Å². The predicted molar refractivity (Wildman–Crippen MR) is 189 cm³/mol. The third-order valence-corrected chi connectivity index (χ3v) is 8.79. The highest BCUT2D eigenvalue weighted by molar-refractivity contribution is 7.80. The van der Waals surface area contributed by atoms with Gasteiger partial charge >= 0.3 is 0 Å². The Morgan fingerprint density at radius 1 is 1.25 bits per heavy atom. The fraction of sp³-hybridized carbons (Fsp3) is 0.583. The molecule has 1 aliphatic carbocycles. The summed E-state index contributed by atoms with van der Waals surface area (Å²) in [7, 11) is 2.17. The highest BCUT2D eigenvalue weighted by Gasteiger charge is 2.33. The number of allylic oxidation sites excluding steroid dienone is 8. The van der Waals surface area contributed by atoms with Crippen molar-refractivity contribution in [1.29, 1.82) is 0 Å². The fourth-order valence-electron chi connectivity index (χ4n) is 6.14. The minimum Gasteiger partial charge on any atom is -0.387 e. The van der Waals surface area contributed by atoms with Gasteiger partial charge in [0.05, 0.1) is 11.0 Å². The second-order valence-corrected chi connectivity index (χ2v) is 12.9. The largest absolute Gasteiger partial charge is 0.387 e. The second-order valence-electron chi connectivity index (χ2n) is 12.3. The van der Waals surface area contributed by atoms with Crippen LogP contribution in [0.2, 0.25) is 0 Å². The van der Waals surface area contributed by atoms with Crippen LogP contribution in [0.1, 0.15) is 85.5 Å². The lowest BCUT2D eigenvalue weighted by Gasteiger charge is -2.30. The van der Waals surface area contributed by atoms with Gasteiger partial charge in [0, 0.05) is 49.3 Å². The first-order valence-corrected chi connectivity index (χ1v) is 16.7. The first-order valence-electron chi connectivity index (χ1n) is 16.3. The number of rotatable bonds is 19. The van der Waals surface area contributed by atoms with E-state index in [1.165, 1.54) is 11.1 Å². The van der Waals surface area contributed by atoms with Gasteiger partial charge in [-0.3, -0.25) is 9.69 Å². The molecule has 2 aliphatic rings. The molecule has 0 aromatic carbocycles. The Kier molecular flexibility index (Phi) is 17.2. The van der Waals surface area contributed by atoms with Gasteiger partial charge in [0.25, 0.3) is 0 Å². The molecule has 8 heteroatoms. The SMILES string of the molecule is C=C(NCCC1=CC=C(C)C=CC1)C1CCC(CCC(CNC(C)=S)C(C=O)NC(=O)CC(N)CC(/C=C\C)=C/CC)N1C. The molecule has 0 aromatic rings. The zero-order chi connectivity index (χ0) is 32.5. The molecule has 5 unspecified atom stereocenters. The maximum Gasteiger partial charge on any atom is 0.222 e. The van der Waals surface area contributed by atoms with Crippen molar-refractivity contribution in [3.05, 3.63) is 71.5 Å². The molecule has 244 valence electrons. The van der Waals surface area contributed by atoms with Crippen LogP contribution < -0.4 is 21.7 Å². The Morgan fingerprint density at radius 2 is 2.02 bits per heavy atom. The standard InChI is InChI=1S/C36H57N5O2S/c1-7-10-30(11-8-2)22-32(37)23-36(43)40-34(25-42)31(24-39-28(5)44)16-17-33-18-19-35(41(33)6)27(4)38-21-20-29-13-9-12-26(3)14-15-29/h7,9-12,14-15,25,31-35,38H,4,8,13,16-24,37H2,1-3,5-6H3,(H,39,44)(H,40,43)/b10-7-,30-11+. The molecule has 0 radical (unpaired) electrons. The van der Waals surface area contributed by atoms with Crippen LogP contribution in [0.25, 0.3) is 0 Å². The predicted octanol–water partition coefficient (Wildman–Crippen LogP) is 5.81. The molecule has 5 atom stereocenters. The summed E-state index contributed by atoms with van der Waals surface area (Å²) in [6.07, 6.45) is 23.4. The van der Waals surface area contributed by atoms with Crippen LogP contribution in [-0.2, 0) is 9.59 Å². The average molecular weight is 624 g/mol. The van der Waals surface area contributed by atoms with Gasteiger partial charge in [-0.2, -0.15) is 0 Å². The normalized spacial score (nSPS) is 21.2. The summed E-state index contributed by atoms with van der Waals surface area (Å²) in [5.41, 5.74) is 11.2. The lowest BCUT2D eigenvalue weighted by molar-refractivity contribution is -0.125. The molecule has 0 spiro atoms. The van der Waals surface area contributed by atoms with E-state index in [1.807, 2.05) is 26.0 Å². The Bertz CT molecular complexity index is 1120. The Labute approximate surface area is 272 Å². The maximum absolute atomic E-state index is 12.9. The number of amides is 1. The van der Waals surface area contributed by atoms with E-state index in [4.69, 9.17) is 18.0 Å². The van der Waals surface area contributed by atoms with E-state index in [1.54, 1.807) is 0 Å². The van der Waals surface area contributed by atoms with Crippen molar-refractivity contribution < 1.29 is 9.59 Å². The van der Waals surface area contributed by atoms with Gasteiger partial charge in [0.2, 0.25) is 5.91 Å². The minimum absolute atomic E-state index is 0.0856. The number of hydrogen-bond donors (Lipinski definition) is 4. The van der Waals surface area contributed by atoms with E-state index < -0.39 is 6.04 Å². The third kappa shape index (κ3) is 13.4. The van der Waals surface area contributed by atoms with Crippen LogP contribution in [-0.4, -0.2) is 66.4 Å². The van der Waals surface area contributed by atoms with Crippen molar-refractivity contribution in [2.45, 2.75) is 110 Å². The van der Waals surface area contributed by atoms with Gasteiger partial charge in [0.1, 0.15) is 6.29 Å². The molecule has 5 N–H and O–H groups in total. The van der Waals surface area contributed by atoms with E-state index in [9.17, 15) is 9.59 Å². The van der Waals surface area contributed by atoms with E-state index in [2.05, 4.69) is 78.7 Å². The van der Waals surface area contributed by atoms with Crippen molar-refractivity contribution in [3.8, 4) is 0 Å². The minimum atomic E-state index is -0.608. The van der Waals surface area contributed by atoms with Crippen molar-refractivity contribution in [1.82, 2.24) is 20.9 Å². The van der Waals surface area contributed by atoms with Gasteiger partial charge in [0.15, 0.2) is 0 Å². The number of hydrogen-bond acceptors (Lipinski definition) is 6. The van der Waals surface area contributed by atoms with E-state index >= 15 is 0 Å². The highest BCUT2D eigenvalue weighted by Crippen LogP contribution is 2.30. The summed E-state index contributed by atoms with van der Waals surface area (Å²) in [4.78, 5) is 28.3. The first-order chi connectivity index (χ1) is 21.1. The van der Waals surface area contributed by atoms with Crippen LogP contribution in [0.4, 0.5) is 0 Å². The number of thiocarbonyl (C=S) groups is 1. The Morgan fingerprint density at radius 3 is 2.70 bits per heavy atom. The zero-order valence-corrected chi connectivity index (χ0v) is 28.6. The van der Waals surface area contributed by atoms with Crippen LogP contribution in [0.5, 0.6) is 0 Å². The number of nitrogens with one attached hydrogen (secondary N) is 3. The van der Waals surface area contributed by atoms with Gasteiger partial charge in [-0.05, 0) is 79.2 Å². The summed E-state index contributed by atoms with van der Waals surface area (Å²) in [6, 6.07) is -0.265. The summed E-state index contributed by atoms with van der Waals surface area (Å²) >= 11 is 5.26. The Hall–Kier alpha value is -2.81. The fourth-order valence-corrected chi connectivity index (χ4v) is 6.23. The van der Waals surface area contributed by atoms with Crippen molar-refractivity contribution in [2.24, 2.45) is 11.7 Å². The topological polar surface area (TPSA) is 99.5 Å². The molecule has 1 saturated heterocycles. The number of likely N-dealkylation sites (N-methyl/N-ethyl adjacent to an activating group) is 1. The van der Waals surface area contributed by atoms with Gasteiger partial charge < -0.3 is 26.5 Å². The maximum atomic E-state index is 12.9. The van der Waals surface area contributed by atoms with Crippen molar-refractivity contribution in [2.75, 3.05) is 20.1 Å². The molecular formula is C36H57N5O2S. The van der Waals surface area contributed by atoms with Crippen LogP contribution in [0, 0.1) is 5.92 Å². The summed E-state index contributed by atoms with van der Waals surface area (Å²) < 4.78 is 0. The summed E-state index contributed by atoms with van der Waals surface area (Å²) in [5.74, 6) is -0.283. The lowest BCUT2D eigenvalue weighted by atomic mass is 9.92. The smallest absolute Gasteiger partial charge is 0.222 e. The molecule has 1 fully saturated rings. The van der Waals surface area contributed by atoms with Crippen LogP contribution in [0.15, 0.2) is 71.5 Å². The second kappa shape index (κ2) is 20.3. The number of likely N-dealkylation sites (tertiary alicyclic amines) is 1. The lowest BCUT2D eigenvalue weighted by Crippen LogP contribution is -2.47. The Balaban J connectivity index is 1.91. The molecule has 7 nitrogen and oxygen atoms in total. The monoisotopic (exact) mass is 623 g/mol. The number of carbonyl (C=O) groups is 2. The van der Waals surface area contributed by atoms with Gasteiger partial charge in [-0.25, -0.2) is 0 Å². The molecular weight excluding hydrogens is 566 g/mol. The third-order valence-electron chi connectivity index (χ3n) is 8.64. The highest BCUT2D eigenvalue weighted by atomic mass is 32.1. The first kappa shape index (κ1) is 37.4. The number of nitrogens with zero attached hydrogens (tertiary/aromatic N) is 1. The molecule has 1 amide bonds. The molecule has 44 heavy (non-hydrogen) atoms. The molecule has 1 aliphatic heterocycles. The van der Waals surface area contributed by atoms with Crippen molar-refractivity contribution >= 4 is 29.4 Å². The quantitative estimate of drug-likeness (QED) is 0.0819. The molecule has 0 aromatic heterocycles. The zero-order valence-electron chi connectivity index (χ0n) is 27.7. The van der Waals surface area contributed by atoms with Crippen LogP contribution >= 0.6 is 12.2 Å². The molecule has 2 rings (SSSR count). The molecule has 1 heterocycles.